The Morgan fingerprint density at radius 1 is 1.33 bits per heavy atom. The maximum atomic E-state index is 13.4. The van der Waals surface area contributed by atoms with Gasteiger partial charge in [0.25, 0.3) is 5.56 Å². The first kappa shape index (κ1) is 23.6. The van der Waals surface area contributed by atoms with E-state index >= 15 is 0 Å². The first-order valence-corrected chi connectivity index (χ1v) is 12.8. The highest BCUT2D eigenvalue weighted by Gasteiger charge is 2.34. The number of benzene rings is 1. The number of thioether (sulfide) groups is 1. The molecule has 33 heavy (non-hydrogen) atoms. The lowest BCUT2D eigenvalue weighted by molar-refractivity contribution is -0.131. The van der Waals surface area contributed by atoms with Crippen LogP contribution < -0.4 is 15.0 Å². The number of aryl methyl sites for hydroxylation is 2. The first-order chi connectivity index (χ1) is 15.8. The monoisotopic (exact) mass is 487 g/mol. The minimum absolute atomic E-state index is 0.0445. The molecule has 1 saturated heterocycles. The van der Waals surface area contributed by atoms with Crippen LogP contribution in [0.3, 0.4) is 0 Å². The molecule has 176 valence electrons. The topological polar surface area (TPSA) is 84.5 Å². The van der Waals surface area contributed by atoms with Crippen LogP contribution in [0.2, 0.25) is 0 Å². The molecule has 2 atom stereocenters. The molecule has 1 N–H and O–H groups in total. The number of methoxy groups -OCH3 is 2. The molecule has 1 amide bonds. The molecule has 9 heteroatoms. The summed E-state index contributed by atoms with van der Waals surface area (Å²) >= 11 is 3.03. The molecule has 0 aliphatic carbocycles. The van der Waals surface area contributed by atoms with Crippen LogP contribution in [0.4, 0.5) is 0 Å². The van der Waals surface area contributed by atoms with Crippen LogP contribution in [-0.2, 0) is 10.5 Å². The summed E-state index contributed by atoms with van der Waals surface area (Å²) < 4.78 is 11.0. The van der Waals surface area contributed by atoms with E-state index in [1.54, 1.807) is 14.2 Å². The number of fused-ring (bicyclic) bond motifs is 1. The predicted molar refractivity (Wildman–Crippen MR) is 134 cm³/mol. The van der Waals surface area contributed by atoms with Crippen LogP contribution >= 0.6 is 23.1 Å². The summed E-state index contributed by atoms with van der Waals surface area (Å²) in [6, 6.07) is 5.67. The van der Waals surface area contributed by atoms with E-state index in [0.29, 0.717) is 23.5 Å². The third-order valence-corrected chi connectivity index (χ3v) is 8.48. The average Bonchev–Trinajstić information content (AvgIpc) is 3.41. The van der Waals surface area contributed by atoms with E-state index in [9.17, 15) is 9.59 Å². The van der Waals surface area contributed by atoms with Gasteiger partial charge in [-0.15, -0.1) is 23.1 Å². The van der Waals surface area contributed by atoms with Crippen molar-refractivity contribution in [3.05, 3.63) is 50.4 Å². The smallest absolute Gasteiger partial charge is 0.259 e. The lowest BCUT2D eigenvalue weighted by Gasteiger charge is -2.29. The Morgan fingerprint density at radius 2 is 2.12 bits per heavy atom. The second kappa shape index (κ2) is 9.77. The van der Waals surface area contributed by atoms with Crippen molar-refractivity contribution in [2.45, 2.75) is 50.7 Å². The molecule has 0 bridgehead atoms. The molecular weight excluding hydrogens is 458 g/mol. The van der Waals surface area contributed by atoms with E-state index < -0.39 is 0 Å². The zero-order valence-electron chi connectivity index (χ0n) is 19.6. The second-order valence-electron chi connectivity index (χ2n) is 8.23. The predicted octanol–water partition coefficient (Wildman–Crippen LogP) is 4.60. The van der Waals surface area contributed by atoms with Crippen LogP contribution in [0.5, 0.6) is 11.5 Å². The average molecular weight is 488 g/mol. The molecule has 3 heterocycles. The third-order valence-electron chi connectivity index (χ3n) is 6.24. The molecule has 4 rings (SSSR count). The number of hydrogen-bond donors (Lipinski definition) is 1. The van der Waals surface area contributed by atoms with Crippen molar-refractivity contribution in [1.82, 2.24) is 14.9 Å². The largest absolute Gasteiger partial charge is 0.497 e. The van der Waals surface area contributed by atoms with Crippen molar-refractivity contribution in [3.63, 3.8) is 0 Å². The molecule has 1 aliphatic rings. The highest BCUT2D eigenvalue weighted by Crippen LogP contribution is 2.40. The van der Waals surface area contributed by atoms with E-state index in [0.717, 1.165) is 45.2 Å². The molecule has 0 radical (unpaired) electrons. The maximum absolute atomic E-state index is 13.4. The molecule has 0 spiro atoms. The maximum Gasteiger partial charge on any atom is 0.259 e. The summed E-state index contributed by atoms with van der Waals surface area (Å²) in [6.45, 7) is 6.58. The van der Waals surface area contributed by atoms with Gasteiger partial charge in [-0.05, 0) is 57.4 Å². The fourth-order valence-electron chi connectivity index (χ4n) is 4.33. The van der Waals surface area contributed by atoms with Gasteiger partial charge < -0.3 is 19.4 Å². The highest BCUT2D eigenvalue weighted by molar-refractivity contribution is 7.99. The number of rotatable bonds is 7. The Bertz CT molecular complexity index is 1240. The fourth-order valence-corrected chi connectivity index (χ4v) is 6.20. The molecule has 3 aromatic rings. The molecule has 7 nitrogen and oxygen atoms in total. The molecule has 2 aromatic heterocycles. The quantitative estimate of drug-likeness (QED) is 0.524. The molecule has 0 saturated carbocycles. The highest BCUT2D eigenvalue weighted by atomic mass is 32.2. The van der Waals surface area contributed by atoms with Gasteiger partial charge in [0.2, 0.25) is 5.91 Å². The van der Waals surface area contributed by atoms with Gasteiger partial charge in [0.1, 0.15) is 22.2 Å². The first-order valence-electron chi connectivity index (χ1n) is 11.0. The minimum Gasteiger partial charge on any atom is -0.497 e. The van der Waals surface area contributed by atoms with Crippen LogP contribution in [0.1, 0.15) is 47.6 Å². The van der Waals surface area contributed by atoms with Crippen molar-refractivity contribution in [2.75, 3.05) is 20.8 Å². The third kappa shape index (κ3) is 4.61. The van der Waals surface area contributed by atoms with Gasteiger partial charge >= 0.3 is 0 Å². The van der Waals surface area contributed by atoms with Crippen LogP contribution in [0.15, 0.2) is 23.0 Å². The number of nitrogens with one attached hydrogen (secondary N) is 1. The van der Waals surface area contributed by atoms with Gasteiger partial charge in [0.15, 0.2) is 0 Å². The van der Waals surface area contributed by atoms with E-state index in [1.165, 1.54) is 23.1 Å². The van der Waals surface area contributed by atoms with Crippen LogP contribution in [-0.4, -0.2) is 46.8 Å². The summed E-state index contributed by atoms with van der Waals surface area (Å²) in [4.78, 5) is 37.2. The summed E-state index contributed by atoms with van der Waals surface area (Å²) in [7, 11) is 3.28. The Kier molecular flexibility index (Phi) is 6.99. The van der Waals surface area contributed by atoms with Crippen LogP contribution in [0, 0.1) is 13.8 Å². The van der Waals surface area contributed by atoms with Crippen molar-refractivity contribution >= 4 is 39.2 Å². The molecule has 2 unspecified atom stereocenters. The van der Waals surface area contributed by atoms with Gasteiger partial charge in [-0.3, -0.25) is 9.59 Å². The zero-order valence-corrected chi connectivity index (χ0v) is 21.2. The normalized spacial score (nSPS) is 16.9. The Hall–Kier alpha value is -2.52. The number of ether oxygens (including phenoxy) is 2. The van der Waals surface area contributed by atoms with Gasteiger partial charge in [-0.2, -0.15) is 0 Å². The summed E-state index contributed by atoms with van der Waals surface area (Å²) in [5, 5.41) is 0.400. The number of aromatic amines is 1. The number of nitrogens with zero attached hydrogens (tertiary/aromatic N) is 2. The fraction of sp³-hybridized carbons (Fsp3) is 0.458. The summed E-state index contributed by atoms with van der Waals surface area (Å²) in [5.74, 6) is 2.66. The molecular formula is C24H29N3O4S2. The number of aromatic nitrogens is 2. The van der Waals surface area contributed by atoms with Crippen molar-refractivity contribution in [2.24, 2.45) is 0 Å². The Labute approximate surface area is 201 Å². The lowest BCUT2D eigenvalue weighted by Crippen LogP contribution is -2.36. The van der Waals surface area contributed by atoms with Gasteiger partial charge in [0, 0.05) is 17.0 Å². The summed E-state index contributed by atoms with van der Waals surface area (Å²) in [5.41, 5.74) is 1.85. The number of hydrogen-bond acceptors (Lipinski definition) is 7. The van der Waals surface area contributed by atoms with Crippen LogP contribution in [0.25, 0.3) is 10.2 Å². The van der Waals surface area contributed by atoms with Gasteiger partial charge in [-0.25, -0.2) is 4.98 Å². The van der Waals surface area contributed by atoms with Crippen molar-refractivity contribution in [3.8, 4) is 11.5 Å². The number of amides is 1. The van der Waals surface area contributed by atoms with E-state index in [4.69, 9.17) is 9.47 Å². The Morgan fingerprint density at radius 3 is 2.85 bits per heavy atom. The number of carbonyl (C=O) groups excluding carboxylic acids is 1. The van der Waals surface area contributed by atoms with Crippen molar-refractivity contribution < 1.29 is 14.3 Å². The van der Waals surface area contributed by atoms with E-state index in [1.807, 2.05) is 43.9 Å². The summed E-state index contributed by atoms with van der Waals surface area (Å²) in [6.07, 6.45) is 1.83. The number of likely N-dealkylation sites (tertiary alicyclic amines) is 1. The number of carbonyl (C=O) groups is 1. The van der Waals surface area contributed by atoms with E-state index in [-0.39, 0.29) is 22.8 Å². The lowest BCUT2D eigenvalue weighted by atomic mass is 10.0. The zero-order chi connectivity index (χ0) is 23.7. The molecule has 1 aliphatic heterocycles. The standard InChI is InChI=1S/C24H29N3O4S2/c1-13-14(2)33-23-21(13)22(28)25-20(26-23)12-32-15(3)24(29)27-10-6-7-18(27)17-11-16(30-4)8-9-19(17)31-5/h8-9,11,15,18H,6-7,10,12H2,1-5H3,(H,25,26,28). The van der Waals surface area contributed by atoms with E-state index in [2.05, 4.69) is 9.97 Å². The van der Waals surface area contributed by atoms with Gasteiger partial charge in [-0.1, -0.05) is 0 Å². The number of thiophene rings is 1. The SMILES string of the molecule is COc1ccc(OC)c(C2CCCN2C(=O)C(C)SCc2nc3sc(C)c(C)c3c(=O)[nH]2)c1. The minimum atomic E-state index is -0.269. The number of H-pyrrole nitrogens is 1. The molecule has 1 fully saturated rings. The second-order valence-corrected chi connectivity index (χ2v) is 10.8. The molecule has 1 aromatic carbocycles. The Balaban J connectivity index is 1.49. The van der Waals surface area contributed by atoms with Gasteiger partial charge in [0.05, 0.1) is 36.7 Å². The van der Waals surface area contributed by atoms with Crippen molar-refractivity contribution in [1.29, 1.82) is 0 Å².